The zero-order valence-corrected chi connectivity index (χ0v) is 10.8. The first-order valence-corrected chi connectivity index (χ1v) is 6.34. The predicted octanol–water partition coefficient (Wildman–Crippen LogP) is 1.88. The number of nitrogens with zero attached hydrogens (tertiary/aromatic N) is 1. The number of hydrogen-bond donors (Lipinski definition) is 1. The smallest absolute Gasteiger partial charge is 0.119 e. The van der Waals surface area contributed by atoms with Crippen LogP contribution in [0.1, 0.15) is 18.4 Å². The van der Waals surface area contributed by atoms with Crippen molar-refractivity contribution in [2.75, 3.05) is 27.2 Å². The molecule has 0 amide bonds. The SMILES string of the molecule is CN(C)CCOc1cccc(CNC2CC2)c1. The molecule has 1 N–H and O–H groups in total. The van der Waals surface area contributed by atoms with Crippen molar-refractivity contribution in [2.24, 2.45) is 0 Å². The molecule has 0 heterocycles. The average molecular weight is 234 g/mol. The van der Waals surface area contributed by atoms with E-state index in [0.29, 0.717) is 0 Å². The zero-order valence-electron chi connectivity index (χ0n) is 10.8. The maximum absolute atomic E-state index is 5.71. The lowest BCUT2D eigenvalue weighted by atomic mass is 10.2. The van der Waals surface area contributed by atoms with Crippen molar-refractivity contribution in [3.63, 3.8) is 0 Å². The molecule has 0 aliphatic heterocycles. The molecule has 0 atom stereocenters. The minimum Gasteiger partial charge on any atom is -0.492 e. The van der Waals surface area contributed by atoms with E-state index in [4.69, 9.17) is 4.74 Å². The van der Waals surface area contributed by atoms with Crippen molar-refractivity contribution in [3.05, 3.63) is 29.8 Å². The Morgan fingerprint density at radius 1 is 1.35 bits per heavy atom. The van der Waals surface area contributed by atoms with Gasteiger partial charge in [0.05, 0.1) is 0 Å². The molecule has 17 heavy (non-hydrogen) atoms. The van der Waals surface area contributed by atoms with Gasteiger partial charge in [-0.25, -0.2) is 0 Å². The van der Waals surface area contributed by atoms with E-state index in [1.807, 2.05) is 6.07 Å². The van der Waals surface area contributed by atoms with Crippen LogP contribution in [-0.4, -0.2) is 38.2 Å². The average Bonchev–Trinajstić information content (AvgIpc) is 3.10. The van der Waals surface area contributed by atoms with Crippen LogP contribution in [-0.2, 0) is 6.54 Å². The highest BCUT2D eigenvalue weighted by atomic mass is 16.5. The second-order valence-corrected chi connectivity index (χ2v) is 4.95. The Labute approximate surface area is 104 Å². The summed E-state index contributed by atoms with van der Waals surface area (Å²) in [5.74, 6) is 0.974. The number of benzene rings is 1. The van der Waals surface area contributed by atoms with Crippen molar-refractivity contribution >= 4 is 0 Å². The third kappa shape index (κ3) is 4.75. The minimum absolute atomic E-state index is 0.743. The number of nitrogens with one attached hydrogen (secondary N) is 1. The molecule has 1 aliphatic rings. The van der Waals surface area contributed by atoms with Crippen molar-refractivity contribution in [1.82, 2.24) is 10.2 Å². The maximum atomic E-state index is 5.71. The lowest BCUT2D eigenvalue weighted by molar-refractivity contribution is 0.261. The predicted molar refractivity (Wildman–Crippen MR) is 70.4 cm³/mol. The molecule has 3 nitrogen and oxygen atoms in total. The van der Waals surface area contributed by atoms with E-state index in [1.165, 1.54) is 18.4 Å². The van der Waals surface area contributed by atoms with Crippen molar-refractivity contribution in [1.29, 1.82) is 0 Å². The van der Waals surface area contributed by atoms with Crippen molar-refractivity contribution in [3.8, 4) is 5.75 Å². The monoisotopic (exact) mass is 234 g/mol. The van der Waals surface area contributed by atoms with Crippen LogP contribution in [0.3, 0.4) is 0 Å². The Bertz CT molecular complexity index is 348. The van der Waals surface area contributed by atoms with Crippen LogP contribution in [0.5, 0.6) is 5.75 Å². The zero-order chi connectivity index (χ0) is 12.1. The highest BCUT2D eigenvalue weighted by molar-refractivity contribution is 5.28. The molecule has 2 rings (SSSR count). The van der Waals surface area contributed by atoms with E-state index in [2.05, 4.69) is 42.5 Å². The Hall–Kier alpha value is -1.06. The van der Waals surface area contributed by atoms with Crippen LogP contribution in [0.2, 0.25) is 0 Å². The fourth-order valence-electron chi connectivity index (χ4n) is 1.64. The van der Waals surface area contributed by atoms with E-state index in [-0.39, 0.29) is 0 Å². The molecule has 0 radical (unpaired) electrons. The number of likely N-dealkylation sites (N-methyl/N-ethyl adjacent to an activating group) is 1. The molecule has 0 aromatic heterocycles. The first-order valence-electron chi connectivity index (χ1n) is 6.34. The number of rotatable bonds is 7. The van der Waals surface area contributed by atoms with Gasteiger partial charge in [0.25, 0.3) is 0 Å². The van der Waals surface area contributed by atoms with Crippen molar-refractivity contribution < 1.29 is 4.74 Å². The summed E-state index contributed by atoms with van der Waals surface area (Å²) in [5, 5.41) is 3.51. The molecule has 1 saturated carbocycles. The van der Waals surface area contributed by atoms with Crippen LogP contribution >= 0.6 is 0 Å². The van der Waals surface area contributed by atoms with Crippen LogP contribution in [0.25, 0.3) is 0 Å². The Balaban J connectivity index is 1.78. The molecule has 1 aliphatic carbocycles. The Morgan fingerprint density at radius 2 is 2.18 bits per heavy atom. The molecule has 1 fully saturated rings. The molecule has 0 saturated heterocycles. The topological polar surface area (TPSA) is 24.5 Å². The van der Waals surface area contributed by atoms with Gasteiger partial charge in [-0.3, -0.25) is 0 Å². The van der Waals surface area contributed by atoms with Crippen LogP contribution in [0.15, 0.2) is 24.3 Å². The fraction of sp³-hybridized carbons (Fsp3) is 0.571. The van der Waals surface area contributed by atoms with Gasteiger partial charge in [-0.2, -0.15) is 0 Å². The molecule has 1 aromatic carbocycles. The fourth-order valence-corrected chi connectivity index (χ4v) is 1.64. The molecule has 0 unspecified atom stereocenters. The van der Waals surface area contributed by atoms with E-state index >= 15 is 0 Å². The van der Waals surface area contributed by atoms with Gasteiger partial charge in [0.15, 0.2) is 0 Å². The van der Waals surface area contributed by atoms with Gasteiger partial charge in [-0.15, -0.1) is 0 Å². The second-order valence-electron chi connectivity index (χ2n) is 4.95. The van der Waals surface area contributed by atoms with Crippen LogP contribution in [0.4, 0.5) is 0 Å². The normalized spacial score (nSPS) is 15.2. The molecular weight excluding hydrogens is 212 g/mol. The molecule has 0 spiro atoms. The van der Waals surface area contributed by atoms with E-state index in [0.717, 1.165) is 31.5 Å². The highest BCUT2D eigenvalue weighted by Crippen LogP contribution is 2.20. The summed E-state index contributed by atoms with van der Waals surface area (Å²) in [6.45, 7) is 2.65. The van der Waals surface area contributed by atoms with E-state index < -0.39 is 0 Å². The molecular formula is C14H22N2O. The number of ether oxygens (including phenoxy) is 1. The van der Waals surface area contributed by atoms with Crippen molar-refractivity contribution in [2.45, 2.75) is 25.4 Å². The van der Waals surface area contributed by atoms with Crippen LogP contribution in [0, 0.1) is 0 Å². The molecule has 0 bridgehead atoms. The van der Waals surface area contributed by atoms with Gasteiger partial charge >= 0.3 is 0 Å². The second kappa shape index (κ2) is 6.03. The lowest BCUT2D eigenvalue weighted by Gasteiger charge is -2.12. The Morgan fingerprint density at radius 3 is 2.88 bits per heavy atom. The summed E-state index contributed by atoms with van der Waals surface area (Å²) >= 11 is 0. The van der Waals surface area contributed by atoms with E-state index in [1.54, 1.807) is 0 Å². The van der Waals surface area contributed by atoms with Gasteiger partial charge in [-0.05, 0) is 44.6 Å². The van der Waals surface area contributed by atoms with Gasteiger partial charge in [0.1, 0.15) is 12.4 Å². The summed E-state index contributed by atoms with van der Waals surface area (Å²) in [6, 6.07) is 9.12. The summed E-state index contributed by atoms with van der Waals surface area (Å²) in [7, 11) is 4.11. The highest BCUT2D eigenvalue weighted by Gasteiger charge is 2.19. The summed E-state index contributed by atoms with van der Waals surface area (Å²) < 4.78 is 5.71. The van der Waals surface area contributed by atoms with Gasteiger partial charge < -0.3 is 15.0 Å². The largest absolute Gasteiger partial charge is 0.492 e. The summed E-state index contributed by atoms with van der Waals surface area (Å²) in [5.41, 5.74) is 1.30. The standard InChI is InChI=1S/C14H22N2O/c1-16(2)8-9-17-14-5-3-4-12(10-14)11-15-13-6-7-13/h3-5,10,13,15H,6-9,11H2,1-2H3. The molecule has 1 aromatic rings. The lowest BCUT2D eigenvalue weighted by Crippen LogP contribution is -2.19. The summed E-state index contributed by atoms with van der Waals surface area (Å²) in [4.78, 5) is 2.12. The van der Waals surface area contributed by atoms with E-state index in [9.17, 15) is 0 Å². The maximum Gasteiger partial charge on any atom is 0.119 e. The van der Waals surface area contributed by atoms with Crippen LogP contribution < -0.4 is 10.1 Å². The Kier molecular flexibility index (Phi) is 4.40. The van der Waals surface area contributed by atoms with Gasteiger partial charge in [-0.1, -0.05) is 12.1 Å². The quantitative estimate of drug-likeness (QED) is 0.779. The molecule has 94 valence electrons. The third-order valence-electron chi connectivity index (χ3n) is 2.88. The summed E-state index contributed by atoms with van der Waals surface area (Å²) in [6.07, 6.45) is 2.66. The first kappa shape index (κ1) is 12.4. The minimum atomic E-state index is 0.743. The van der Waals surface area contributed by atoms with Gasteiger partial charge in [0.2, 0.25) is 0 Å². The first-order chi connectivity index (χ1) is 8.24. The molecule has 3 heteroatoms. The third-order valence-corrected chi connectivity index (χ3v) is 2.88. The van der Waals surface area contributed by atoms with Gasteiger partial charge in [0, 0.05) is 19.1 Å². The number of hydrogen-bond acceptors (Lipinski definition) is 3.